The maximum atomic E-state index is 5.44. The average molecular weight is 313 g/mol. The van der Waals surface area contributed by atoms with Gasteiger partial charge in [-0.15, -0.1) is 0 Å². The summed E-state index contributed by atoms with van der Waals surface area (Å²) < 4.78 is 5.44. The molecule has 6 heteroatoms. The van der Waals surface area contributed by atoms with Crippen molar-refractivity contribution in [2.45, 2.75) is 19.9 Å². The Kier molecular flexibility index (Phi) is 4.92. The molecule has 0 radical (unpaired) electrons. The van der Waals surface area contributed by atoms with Crippen LogP contribution in [0.2, 0.25) is 0 Å². The lowest BCUT2D eigenvalue weighted by molar-refractivity contribution is 0.123. The SMILES string of the molecule is CC(C)Nc1ccnc(Nc2ccccc2N2CCOCC2)n1. The molecule has 0 aliphatic carbocycles. The third-order valence-electron chi connectivity index (χ3n) is 3.59. The van der Waals surface area contributed by atoms with Crippen LogP contribution in [-0.4, -0.2) is 42.3 Å². The molecule has 0 saturated carbocycles. The van der Waals surface area contributed by atoms with Crippen LogP contribution in [0.4, 0.5) is 23.1 Å². The fraction of sp³-hybridized carbons (Fsp3) is 0.412. The first-order valence-electron chi connectivity index (χ1n) is 8.01. The Morgan fingerprint density at radius 2 is 1.91 bits per heavy atom. The van der Waals surface area contributed by atoms with Gasteiger partial charge in [0.25, 0.3) is 0 Å². The van der Waals surface area contributed by atoms with E-state index in [-0.39, 0.29) is 0 Å². The van der Waals surface area contributed by atoms with E-state index in [9.17, 15) is 0 Å². The Balaban J connectivity index is 1.80. The van der Waals surface area contributed by atoms with Crippen molar-refractivity contribution in [3.63, 3.8) is 0 Å². The Hall–Kier alpha value is -2.34. The number of nitrogens with zero attached hydrogens (tertiary/aromatic N) is 3. The van der Waals surface area contributed by atoms with Crippen LogP contribution in [0.5, 0.6) is 0 Å². The number of aromatic nitrogens is 2. The van der Waals surface area contributed by atoms with Gasteiger partial charge in [-0.1, -0.05) is 12.1 Å². The standard InChI is InChI=1S/C17H23N5O/c1-13(2)19-16-7-8-18-17(21-16)20-14-5-3-4-6-15(14)22-9-11-23-12-10-22/h3-8,13H,9-12H2,1-2H3,(H2,18,19,20,21). The molecule has 122 valence electrons. The third-order valence-corrected chi connectivity index (χ3v) is 3.59. The number of ether oxygens (including phenoxy) is 1. The van der Waals surface area contributed by atoms with Gasteiger partial charge in [-0.25, -0.2) is 4.98 Å². The van der Waals surface area contributed by atoms with E-state index in [1.54, 1.807) is 6.20 Å². The molecule has 1 fully saturated rings. The molecule has 1 aliphatic rings. The molecular formula is C17H23N5O. The quantitative estimate of drug-likeness (QED) is 0.885. The Bertz CT molecular complexity index is 640. The molecule has 0 amide bonds. The second-order valence-electron chi connectivity index (χ2n) is 5.81. The van der Waals surface area contributed by atoms with E-state index in [2.05, 4.69) is 51.5 Å². The predicted molar refractivity (Wildman–Crippen MR) is 93.5 cm³/mol. The van der Waals surface area contributed by atoms with Gasteiger partial charge >= 0.3 is 0 Å². The fourth-order valence-corrected chi connectivity index (χ4v) is 2.57. The summed E-state index contributed by atoms with van der Waals surface area (Å²) in [5, 5.41) is 6.63. The van der Waals surface area contributed by atoms with Crippen LogP contribution in [0.15, 0.2) is 36.5 Å². The lowest BCUT2D eigenvalue weighted by Crippen LogP contribution is -2.36. The van der Waals surface area contributed by atoms with Crippen molar-refractivity contribution in [2.75, 3.05) is 41.8 Å². The molecule has 1 aromatic carbocycles. The van der Waals surface area contributed by atoms with Crippen LogP contribution in [0.3, 0.4) is 0 Å². The number of nitrogens with one attached hydrogen (secondary N) is 2. The highest BCUT2D eigenvalue weighted by Gasteiger charge is 2.15. The Morgan fingerprint density at radius 1 is 1.13 bits per heavy atom. The molecule has 2 aromatic rings. The molecule has 1 saturated heterocycles. The summed E-state index contributed by atoms with van der Waals surface area (Å²) in [5.74, 6) is 1.41. The highest BCUT2D eigenvalue weighted by atomic mass is 16.5. The van der Waals surface area contributed by atoms with Crippen LogP contribution >= 0.6 is 0 Å². The van der Waals surface area contributed by atoms with Gasteiger partial charge in [0.2, 0.25) is 5.95 Å². The van der Waals surface area contributed by atoms with Crippen LogP contribution in [0, 0.1) is 0 Å². The lowest BCUT2D eigenvalue weighted by atomic mass is 10.2. The van der Waals surface area contributed by atoms with Gasteiger partial charge in [-0.05, 0) is 32.0 Å². The van der Waals surface area contributed by atoms with Gasteiger partial charge in [0.1, 0.15) is 5.82 Å². The van der Waals surface area contributed by atoms with E-state index in [0.29, 0.717) is 12.0 Å². The zero-order chi connectivity index (χ0) is 16.1. The van der Waals surface area contributed by atoms with Crippen molar-refractivity contribution >= 4 is 23.1 Å². The van der Waals surface area contributed by atoms with Gasteiger partial charge in [0, 0.05) is 25.3 Å². The minimum atomic E-state index is 0.332. The molecule has 6 nitrogen and oxygen atoms in total. The van der Waals surface area contributed by atoms with Crippen LogP contribution in [-0.2, 0) is 4.74 Å². The maximum Gasteiger partial charge on any atom is 0.229 e. The van der Waals surface area contributed by atoms with E-state index < -0.39 is 0 Å². The van der Waals surface area contributed by atoms with Gasteiger partial charge < -0.3 is 20.3 Å². The van der Waals surface area contributed by atoms with E-state index in [4.69, 9.17) is 4.74 Å². The zero-order valence-corrected chi connectivity index (χ0v) is 13.6. The molecule has 2 heterocycles. The number of hydrogen-bond acceptors (Lipinski definition) is 6. The predicted octanol–water partition coefficient (Wildman–Crippen LogP) is 2.88. The third kappa shape index (κ3) is 4.10. The number of morpholine rings is 1. The van der Waals surface area contributed by atoms with Crippen molar-refractivity contribution in [2.24, 2.45) is 0 Å². The molecule has 1 aromatic heterocycles. The minimum Gasteiger partial charge on any atom is -0.378 e. The van der Waals surface area contributed by atoms with Crippen molar-refractivity contribution in [3.8, 4) is 0 Å². The van der Waals surface area contributed by atoms with Gasteiger partial charge in [-0.3, -0.25) is 0 Å². The second-order valence-corrected chi connectivity index (χ2v) is 5.81. The summed E-state index contributed by atoms with van der Waals surface area (Å²) in [7, 11) is 0. The van der Waals surface area contributed by atoms with E-state index in [1.807, 2.05) is 18.2 Å². The molecule has 1 aliphatic heterocycles. The second kappa shape index (κ2) is 7.28. The van der Waals surface area contributed by atoms with Crippen molar-refractivity contribution < 1.29 is 4.74 Å². The number of hydrogen-bond donors (Lipinski definition) is 2. The average Bonchev–Trinajstić information content (AvgIpc) is 2.56. The maximum absolute atomic E-state index is 5.44. The molecule has 23 heavy (non-hydrogen) atoms. The lowest BCUT2D eigenvalue weighted by Gasteiger charge is -2.30. The highest BCUT2D eigenvalue weighted by molar-refractivity contribution is 5.73. The summed E-state index contributed by atoms with van der Waals surface area (Å²) in [5.41, 5.74) is 2.16. The topological polar surface area (TPSA) is 62.3 Å². The first-order chi connectivity index (χ1) is 11.2. The van der Waals surface area contributed by atoms with Crippen molar-refractivity contribution in [3.05, 3.63) is 36.5 Å². The highest BCUT2D eigenvalue weighted by Crippen LogP contribution is 2.28. The summed E-state index contributed by atoms with van der Waals surface area (Å²) >= 11 is 0. The normalized spacial score (nSPS) is 14.8. The summed E-state index contributed by atoms with van der Waals surface area (Å²) in [4.78, 5) is 11.2. The summed E-state index contributed by atoms with van der Waals surface area (Å²) in [6.45, 7) is 7.49. The molecular weight excluding hydrogens is 290 g/mol. The fourth-order valence-electron chi connectivity index (χ4n) is 2.57. The molecule has 0 spiro atoms. The van der Waals surface area contributed by atoms with Crippen LogP contribution in [0.1, 0.15) is 13.8 Å². The zero-order valence-electron chi connectivity index (χ0n) is 13.6. The Labute approximate surface area is 136 Å². The van der Waals surface area contributed by atoms with Crippen LogP contribution in [0.25, 0.3) is 0 Å². The molecule has 0 bridgehead atoms. The summed E-state index contributed by atoms with van der Waals surface area (Å²) in [6.07, 6.45) is 1.76. The van der Waals surface area contributed by atoms with Crippen molar-refractivity contribution in [1.29, 1.82) is 0 Å². The van der Waals surface area contributed by atoms with Gasteiger partial charge in [0.05, 0.1) is 24.6 Å². The number of rotatable bonds is 5. The molecule has 0 atom stereocenters. The minimum absolute atomic E-state index is 0.332. The number of para-hydroxylation sites is 2. The molecule has 0 unspecified atom stereocenters. The first kappa shape index (κ1) is 15.6. The van der Waals surface area contributed by atoms with Crippen molar-refractivity contribution in [1.82, 2.24) is 9.97 Å². The first-order valence-corrected chi connectivity index (χ1v) is 8.01. The largest absolute Gasteiger partial charge is 0.378 e. The van der Waals surface area contributed by atoms with Gasteiger partial charge in [0.15, 0.2) is 0 Å². The van der Waals surface area contributed by atoms with E-state index >= 15 is 0 Å². The van der Waals surface area contributed by atoms with E-state index in [0.717, 1.165) is 43.5 Å². The van der Waals surface area contributed by atoms with Gasteiger partial charge in [-0.2, -0.15) is 4.98 Å². The Morgan fingerprint density at radius 3 is 2.70 bits per heavy atom. The number of benzene rings is 1. The van der Waals surface area contributed by atoms with Crippen LogP contribution < -0.4 is 15.5 Å². The smallest absolute Gasteiger partial charge is 0.229 e. The monoisotopic (exact) mass is 313 g/mol. The molecule has 2 N–H and O–H groups in total. The molecule has 3 rings (SSSR count). The summed E-state index contributed by atoms with van der Waals surface area (Å²) in [6, 6.07) is 10.4. The van der Waals surface area contributed by atoms with E-state index in [1.165, 1.54) is 0 Å². The number of anilines is 4.